The molecule has 0 aliphatic carbocycles. The molecular weight excluding hydrogens is 162 g/mol. The van der Waals surface area contributed by atoms with E-state index in [-0.39, 0.29) is 19.6 Å². The van der Waals surface area contributed by atoms with E-state index in [0.717, 1.165) is 0 Å². The van der Waals surface area contributed by atoms with E-state index in [4.69, 9.17) is 5.11 Å². The first kappa shape index (κ1) is 9.88. The van der Waals surface area contributed by atoms with Crippen molar-refractivity contribution in [1.82, 2.24) is 5.32 Å². The van der Waals surface area contributed by atoms with Gasteiger partial charge < -0.3 is 25.7 Å². The molecule has 12 heavy (non-hydrogen) atoms. The molecule has 0 radical (unpaired) electrons. The number of aliphatic hydroxyl groups excluding tert-OH is 4. The van der Waals surface area contributed by atoms with Crippen molar-refractivity contribution >= 4 is 0 Å². The number of β-amino-alcohol motifs (C(OH)–C–C–N with tert-alkyl or cyclic N) is 1. The smallest absolute Gasteiger partial charge is 0.0924 e. The topological polar surface area (TPSA) is 93.0 Å². The lowest BCUT2D eigenvalue weighted by molar-refractivity contribution is 0.000841. The third-order valence-corrected chi connectivity index (χ3v) is 2.18. The van der Waals surface area contributed by atoms with Crippen molar-refractivity contribution < 1.29 is 20.4 Å². The molecule has 0 amide bonds. The van der Waals surface area contributed by atoms with Crippen molar-refractivity contribution in [3.63, 3.8) is 0 Å². The summed E-state index contributed by atoms with van der Waals surface area (Å²) in [6, 6.07) is -0.447. The molecule has 0 aromatic carbocycles. The Balaban J connectivity index is 2.53. The van der Waals surface area contributed by atoms with Gasteiger partial charge in [0.25, 0.3) is 0 Å². The monoisotopic (exact) mass is 177 g/mol. The third kappa shape index (κ3) is 2.15. The van der Waals surface area contributed by atoms with Crippen molar-refractivity contribution in [1.29, 1.82) is 0 Å². The summed E-state index contributed by atoms with van der Waals surface area (Å²) in [5.74, 6) is 0. The van der Waals surface area contributed by atoms with Gasteiger partial charge in [0.15, 0.2) is 0 Å². The molecule has 4 atom stereocenters. The van der Waals surface area contributed by atoms with E-state index in [1.54, 1.807) is 0 Å². The van der Waals surface area contributed by atoms with E-state index in [0.29, 0.717) is 0 Å². The fourth-order valence-electron chi connectivity index (χ4n) is 1.30. The highest BCUT2D eigenvalue weighted by Gasteiger charge is 2.29. The molecule has 5 N–H and O–H groups in total. The van der Waals surface area contributed by atoms with Crippen molar-refractivity contribution in [3.05, 3.63) is 0 Å². The zero-order valence-corrected chi connectivity index (χ0v) is 6.72. The summed E-state index contributed by atoms with van der Waals surface area (Å²) in [6.07, 6.45) is -2.48. The summed E-state index contributed by atoms with van der Waals surface area (Å²) in [7, 11) is 0. The maximum atomic E-state index is 9.34. The van der Waals surface area contributed by atoms with Crippen molar-refractivity contribution in [2.24, 2.45) is 0 Å². The van der Waals surface area contributed by atoms with Gasteiger partial charge in [0.05, 0.1) is 31.0 Å². The molecular formula is C7H15NO4. The quantitative estimate of drug-likeness (QED) is 0.303. The predicted octanol–water partition coefficient (Wildman–Crippen LogP) is -2.58. The highest BCUT2D eigenvalue weighted by atomic mass is 16.3. The largest absolute Gasteiger partial charge is 0.395 e. The lowest BCUT2D eigenvalue weighted by Gasteiger charge is -2.18. The fourth-order valence-corrected chi connectivity index (χ4v) is 1.30. The second-order valence-corrected chi connectivity index (χ2v) is 3.14. The molecule has 5 heteroatoms. The normalized spacial score (nSPS) is 44.0. The van der Waals surface area contributed by atoms with Crippen LogP contribution in [-0.2, 0) is 0 Å². The van der Waals surface area contributed by atoms with E-state index >= 15 is 0 Å². The Kier molecular flexibility index (Phi) is 3.42. The molecule has 0 saturated carbocycles. The average Bonchev–Trinajstić information content (AvgIpc) is 2.14. The minimum absolute atomic E-state index is 0.0966. The van der Waals surface area contributed by atoms with Crippen LogP contribution >= 0.6 is 0 Å². The molecule has 0 aromatic heterocycles. The van der Waals surface area contributed by atoms with E-state index in [9.17, 15) is 15.3 Å². The van der Waals surface area contributed by atoms with Gasteiger partial charge in [-0.15, -0.1) is 0 Å². The Labute approximate surface area is 70.6 Å². The molecule has 1 heterocycles. The van der Waals surface area contributed by atoms with Crippen LogP contribution in [0.1, 0.15) is 6.42 Å². The number of hydrogen-bond donors (Lipinski definition) is 5. The standard InChI is InChI=1S/C7H15NO4/c9-3-4-5(10)1-6(11)7(12)2-8-4/h4-12H,1-3H2/t4-,5+,6+,7-/m1/s1. The Bertz CT molecular complexity index is 143. The molecule has 0 unspecified atom stereocenters. The van der Waals surface area contributed by atoms with Crippen LogP contribution in [0.25, 0.3) is 0 Å². The highest BCUT2D eigenvalue weighted by Crippen LogP contribution is 2.10. The molecule has 0 aromatic rings. The average molecular weight is 177 g/mol. The van der Waals surface area contributed by atoms with Crippen LogP contribution in [0.3, 0.4) is 0 Å². The maximum Gasteiger partial charge on any atom is 0.0924 e. The van der Waals surface area contributed by atoms with Gasteiger partial charge in [0.2, 0.25) is 0 Å². The van der Waals surface area contributed by atoms with Gasteiger partial charge in [-0.05, 0) is 0 Å². The number of rotatable bonds is 1. The van der Waals surface area contributed by atoms with Crippen LogP contribution < -0.4 is 5.32 Å². The Morgan fingerprint density at radius 2 is 1.75 bits per heavy atom. The van der Waals surface area contributed by atoms with E-state index < -0.39 is 24.4 Å². The Hall–Kier alpha value is -0.200. The van der Waals surface area contributed by atoms with Gasteiger partial charge in [-0.1, -0.05) is 0 Å². The molecule has 1 rings (SSSR count). The van der Waals surface area contributed by atoms with Crippen LogP contribution in [0, 0.1) is 0 Å². The van der Waals surface area contributed by atoms with Gasteiger partial charge in [-0.3, -0.25) is 0 Å². The lowest BCUT2D eigenvalue weighted by atomic mass is 10.1. The molecule has 0 spiro atoms. The van der Waals surface area contributed by atoms with Crippen LogP contribution in [0.5, 0.6) is 0 Å². The number of hydrogen-bond acceptors (Lipinski definition) is 5. The van der Waals surface area contributed by atoms with Crippen LogP contribution in [-0.4, -0.2) is 57.9 Å². The molecule has 1 saturated heterocycles. The minimum atomic E-state index is -0.913. The maximum absolute atomic E-state index is 9.34. The van der Waals surface area contributed by atoms with Gasteiger partial charge in [-0.2, -0.15) is 0 Å². The molecule has 72 valence electrons. The zero-order chi connectivity index (χ0) is 9.14. The summed E-state index contributed by atoms with van der Waals surface area (Å²) in [4.78, 5) is 0. The lowest BCUT2D eigenvalue weighted by Crippen LogP contribution is -2.42. The zero-order valence-electron chi connectivity index (χ0n) is 6.72. The van der Waals surface area contributed by atoms with E-state index in [2.05, 4.69) is 5.32 Å². The van der Waals surface area contributed by atoms with E-state index in [1.165, 1.54) is 0 Å². The molecule has 5 nitrogen and oxygen atoms in total. The summed E-state index contributed by atoms with van der Waals surface area (Å²) in [6.45, 7) is 0.00403. The molecule has 0 bridgehead atoms. The van der Waals surface area contributed by atoms with Gasteiger partial charge in [0, 0.05) is 13.0 Å². The summed E-state index contributed by atoms with van der Waals surface area (Å²) in [5, 5.41) is 39.3. The fraction of sp³-hybridized carbons (Fsp3) is 1.00. The summed E-state index contributed by atoms with van der Waals surface area (Å²) in [5.41, 5.74) is 0. The summed E-state index contributed by atoms with van der Waals surface area (Å²) < 4.78 is 0. The molecule has 1 aliphatic heterocycles. The first-order valence-corrected chi connectivity index (χ1v) is 4.03. The van der Waals surface area contributed by atoms with Crippen molar-refractivity contribution in [2.75, 3.05) is 13.2 Å². The van der Waals surface area contributed by atoms with Gasteiger partial charge in [0.1, 0.15) is 0 Å². The van der Waals surface area contributed by atoms with Crippen molar-refractivity contribution in [2.45, 2.75) is 30.8 Å². The van der Waals surface area contributed by atoms with Gasteiger partial charge >= 0.3 is 0 Å². The Morgan fingerprint density at radius 1 is 1.08 bits per heavy atom. The first-order chi connectivity index (χ1) is 5.65. The van der Waals surface area contributed by atoms with Crippen LogP contribution in [0.4, 0.5) is 0 Å². The van der Waals surface area contributed by atoms with E-state index in [1.807, 2.05) is 0 Å². The Morgan fingerprint density at radius 3 is 2.33 bits per heavy atom. The SMILES string of the molecule is OC[C@H]1NC[C@@H](O)[C@@H](O)C[C@@H]1O. The van der Waals surface area contributed by atoms with Crippen LogP contribution in [0.15, 0.2) is 0 Å². The first-order valence-electron chi connectivity index (χ1n) is 4.03. The second kappa shape index (κ2) is 4.15. The highest BCUT2D eigenvalue weighted by molar-refractivity contribution is 4.86. The third-order valence-electron chi connectivity index (χ3n) is 2.18. The van der Waals surface area contributed by atoms with Crippen molar-refractivity contribution in [3.8, 4) is 0 Å². The molecule has 1 fully saturated rings. The molecule has 1 aliphatic rings. The van der Waals surface area contributed by atoms with Gasteiger partial charge in [-0.25, -0.2) is 0 Å². The minimum Gasteiger partial charge on any atom is -0.395 e. The number of nitrogens with one attached hydrogen (secondary N) is 1. The summed E-state index contributed by atoms with van der Waals surface area (Å²) >= 11 is 0. The predicted molar refractivity (Wildman–Crippen MR) is 41.5 cm³/mol. The second-order valence-electron chi connectivity index (χ2n) is 3.14. The number of aliphatic hydroxyl groups is 4. The van der Waals surface area contributed by atoms with Crippen LogP contribution in [0.2, 0.25) is 0 Å².